The number of phenolic OH excluding ortho intramolecular Hbond substituents is 1. The van der Waals surface area contributed by atoms with Crippen LogP contribution in [0.2, 0.25) is 0 Å². The third-order valence-corrected chi connectivity index (χ3v) is 3.44. The number of nitrogens with zero attached hydrogens (tertiary/aromatic N) is 1. The topological polar surface area (TPSA) is 52.6 Å². The van der Waals surface area contributed by atoms with Gasteiger partial charge in [0.2, 0.25) is 0 Å². The fourth-order valence-electron chi connectivity index (χ4n) is 2.38. The van der Waals surface area contributed by atoms with Crippen molar-refractivity contribution in [3.05, 3.63) is 29.6 Å². The lowest BCUT2D eigenvalue weighted by molar-refractivity contribution is 0.0772. The number of hydrogen-bond acceptors (Lipinski definition) is 3. The Balaban J connectivity index is 2.03. The largest absolute Gasteiger partial charge is 0.507 e. The molecule has 1 atom stereocenters. The van der Waals surface area contributed by atoms with Gasteiger partial charge in [-0.25, -0.2) is 4.39 Å². The third kappa shape index (κ3) is 3.44. The minimum absolute atomic E-state index is 0.0123. The van der Waals surface area contributed by atoms with Crippen LogP contribution in [0.1, 0.15) is 29.6 Å². The highest BCUT2D eigenvalue weighted by atomic mass is 19.1. The highest BCUT2D eigenvalue weighted by Gasteiger charge is 2.21. The van der Waals surface area contributed by atoms with E-state index in [1.54, 1.807) is 7.05 Å². The molecular formula is C14H19FN2O2. The maximum atomic E-state index is 13.1. The molecule has 1 aromatic carbocycles. The van der Waals surface area contributed by atoms with Crippen molar-refractivity contribution in [3.63, 3.8) is 0 Å². The van der Waals surface area contributed by atoms with Gasteiger partial charge in [0, 0.05) is 19.6 Å². The number of phenols is 1. The molecule has 1 aromatic rings. The zero-order chi connectivity index (χ0) is 13.8. The lowest BCUT2D eigenvalue weighted by atomic mass is 10.0. The normalized spacial score (nSPS) is 19.2. The molecule has 0 spiro atoms. The summed E-state index contributed by atoms with van der Waals surface area (Å²) in [5, 5.41) is 13.0. The zero-order valence-corrected chi connectivity index (χ0v) is 11.0. The summed E-state index contributed by atoms with van der Waals surface area (Å²) < 4.78 is 13.1. The molecule has 0 bridgehead atoms. The molecule has 1 saturated heterocycles. The molecule has 0 aromatic heterocycles. The maximum Gasteiger partial charge on any atom is 0.257 e. The first-order valence-corrected chi connectivity index (χ1v) is 6.55. The van der Waals surface area contributed by atoms with E-state index in [2.05, 4.69) is 5.32 Å². The van der Waals surface area contributed by atoms with E-state index in [-0.39, 0.29) is 23.3 Å². The van der Waals surface area contributed by atoms with E-state index in [0.29, 0.717) is 6.54 Å². The lowest BCUT2D eigenvalue weighted by Gasteiger charge is -2.28. The molecule has 0 radical (unpaired) electrons. The van der Waals surface area contributed by atoms with Crippen LogP contribution >= 0.6 is 0 Å². The first-order valence-electron chi connectivity index (χ1n) is 6.55. The van der Waals surface area contributed by atoms with Gasteiger partial charge in [0.25, 0.3) is 5.91 Å². The number of piperidine rings is 1. The van der Waals surface area contributed by atoms with Crippen molar-refractivity contribution in [1.29, 1.82) is 0 Å². The van der Waals surface area contributed by atoms with Crippen LogP contribution in [0.25, 0.3) is 0 Å². The van der Waals surface area contributed by atoms with Gasteiger partial charge in [0.05, 0.1) is 5.56 Å². The van der Waals surface area contributed by atoms with Crippen LogP contribution in [0, 0.1) is 5.82 Å². The summed E-state index contributed by atoms with van der Waals surface area (Å²) in [5.41, 5.74) is 0.0123. The Morgan fingerprint density at radius 2 is 2.32 bits per heavy atom. The highest BCUT2D eigenvalue weighted by molar-refractivity contribution is 5.96. The van der Waals surface area contributed by atoms with Crippen molar-refractivity contribution < 1.29 is 14.3 Å². The lowest BCUT2D eigenvalue weighted by Crippen LogP contribution is -2.44. The fraction of sp³-hybridized carbons (Fsp3) is 0.500. The third-order valence-electron chi connectivity index (χ3n) is 3.44. The van der Waals surface area contributed by atoms with Crippen LogP contribution in [0.5, 0.6) is 5.75 Å². The summed E-state index contributed by atoms with van der Waals surface area (Å²) in [4.78, 5) is 13.7. The van der Waals surface area contributed by atoms with Crippen molar-refractivity contribution in [1.82, 2.24) is 10.2 Å². The Bertz CT molecular complexity index is 459. The highest BCUT2D eigenvalue weighted by Crippen LogP contribution is 2.20. The van der Waals surface area contributed by atoms with Gasteiger partial charge in [-0.15, -0.1) is 0 Å². The number of rotatable bonds is 3. The van der Waals surface area contributed by atoms with E-state index in [1.165, 1.54) is 17.4 Å². The summed E-state index contributed by atoms with van der Waals surface area (Å²) in [7, 11) is 1.67. The van der Waals surface area contributed by atoms with Crippen molar-refractivity contribution in [3.8, 4) is 5.75 Å². The smallest absolute Gasteiger partial charge is 0.257 e. The molecule has 1 aliphatic heterocycles. The first kappa shape index (κ1) is 13.8. The Morgan fingerprint density at radius 3 is 3.00 bits per heavy atom. The number of benzene rings is 1. The Morgan fingerprint density at radius 1 is 1.53 bits per heavy atom. The van der Waals surface area contributed by atoms with Crippen LogP contribution in [0.3, 0.4) is 0 Å². The fourth-order valence-corrected chi connectivity index (χ4v) is 2.38. The quantitative estimate of drug-likeness (QED) is 0.876. The number of nitrogens with one attached hydrogen (secondary N) is 1. The number of halogens is 1. The second kappa shape index (κ2) is 6.02. The summed E-state index contributed by atoms with van der Waals surface area (Å²) in [5.74, 6) is -1.07. The number of aromatic hydroxyl groups is 1. The minimum atomic E-state index is -0.523. The molecule has 2 rings (SSSR count). The molecule has 0 saturated carbocycles. The van der Waals surface area contributed by atoms with Crippen LogP contribution in [-0.2, 0) is 0 Å². The Kier molecular flexibility index (Phi) is 4.37. The van der Waals surface area contributed by atoms with Crippen molar-refractivity contribution in [2.45, 2.75) is 25.3 Å². The minimum Gasteiger partial charge on any atom is -0.507 e. The summed E-state index contributed by atoms with van der Waals surface area (Å²) in [6.45, 7) is 1.53. The van der Waals surface area contributed by atoms with Gasteiger partial charge >= 0.3 is 0 Å². The number of carbonyl (C=O) groups is 1. The molecule has 1 heterocycles. The van der Waals surface area contributed by atoms with E-state index in [9.17, 15) is 14.3 Å². The van der Waals surface area contributed by atoms with Gasteiger partial charge in [-0.3, -0.25) is 4.79 Å². The van der Waals surface area contributed by atoms with E-state index in [0.717, 1.165) is 31.5 Å². The predicted molar refractivity (Wildman–Crippen MR) is 70.7 cm³/mol. The second-order valence-electron chi connectivity index (χ2n) is 4.99. The standard InChI is InChI=1S/C14H19FN2O2/c1-17(9-11-4-2-3-7-16-11)14(19)12-8-10(15)5-6-13(12)18/h5-6,8,11,16,18H,2-4,7,9H2,1H3. The second-order valence-corrected chi connectivity index (χ2v) is 4.99. The van der Waals surface area contributed by atoms with Crippen LogP contribution < -0.4 is 5.32 Å². The van der Waals surface area contributed by atoms with E-state index < -0.39 is 5.82 Å². The molecule has 1 unspecified atom stereocenters. The average Bonchev–Trinajstić information content (AvgIpc) is 2.42. The summed E-state index contributed by atoms with van der Waals surface area (Å²) >= 11 is 0. The van der Waals surface area contributed by atoms with Crippen molar-refractivity contribution in [2.24, 2.45) is 0 Å². The number of amides is 1. The SMILES string of the molecule is CN(CC1CCCCN1)C(=O)c1cc(F)ccc1O. The molecule has 19 heavy (non-hydrogen) atoms. The van der Waals surface area contributed by atoms with E-state index in [1.807, 2.05) is 0 Å². The predicted octanol–water partition coefficient (Wildman–Crippen LogP) is 1.75. The molecule has 104 valence electrons. The van der Waals surface area contributed by atoms with Crippen molar-refractivity contribution >= 4 is 5.91 Å². The van der Waals surface area contributed by atoms with E-state index >= 15 is 0 Å². The Labute approximate surface area is 112 Å². The number of hydrogen-bond donors (Lipinski definition) is 2. The molecule has 1 fully saturated rings. The van der Waals surface area contributed by atoms with Gasteiger partial charge in [-0.05, 0) is 37.6 Å². The summed E-state index contributed by atoms with van der Waals surface area (Å²) in [6.07, 6.45) is 3.36. The molecule has 5 heteroatoms. The molecule has 0 aliphatic carbocycles. The first-order chi connectivity index (χ1) is 9.08. The molecule has 1 aliphatic rings. The van der Waals surface area contributed by atoms with Gasteiger partial charge in [-0.2, -0.15) is 0 Å². The average molecular weight is 266 g/mol. The maximum absolute atomic E-state index is 13.1. The molecule has 2 N–H and O–H groups in total. The monoisotopic (exact) mass is 266 g/mol. The van der Waals surface area contributed by atoms with Crippen LogP contribution in [-0.4, -0.2) is 42.1 Å². The van der Waals surface area contributed by atoms with Crippen LogP contribution in [0.15, 0.2) is 18.2 Å². The van der Waals surface area contributed by atoms with Gasteiger partial charge in [0.1, 0.15) is 11.6 Å². The number of carbonyl (C=O) groups excluding carboxylic acids is 1. The molecular weight excluding hydrogens is 247 g/mol. The molecule has 4 nitrogen and oxygen atoms in total. The Hall–Kier alpha value is -1.62. The zero-order valence-electron chi connectivity index (χ0n) is 11.0. The van der Waals surface area contributed by atoms with E-state index in [4.69, 9.17) is 0 Å². The van der Waals surface area contributed by atoms with Crippen molar-refractivity contribution in [2.75, 3.05) is 20.1 Å². The van der Waals surface area contributed by atoms with Gasteiger partial charge in [0.15, 0.2) is 0 Å². The molecule has 1 amide bonds. The number of likely N-dealkylation sites (N-methyl/N-ethyl adjacent to an activating group) is 1. The van der Waals surface area contributed by atoms with Crippen LogP contribution in [0.4, 0.5) is 4.39 Å². The van der Waals surface area contributed by atoms with Gasteiger partial charge < -0.3 is 15.3 Å². The van der Waals surface area contributed by atoms with Gasteiger partial charge in [-0.1, -0.05) is 6.42 Å². The summed E-state index contributed by atoms with van der Waals surface area (Å²) in [6, 6.07) is 3.69.